The first kappa shape index (κ1) is 89.1. The molecule has 3 N–H and O–H groups in total. The molecule has 17 nitrogen and oxygen atoms in total. The standard InChI is InChI=1S/C72H140O17P2/c1-6-9-12-15-17-19-21-23-25-30-33-37-41-46-51-56-70(75)83-62-68(89-72(77)58-53-48-43-39-35-31-27-24-26-29-32-36-40-45-49-54-65(4)5)64-87-91(80,81)85-60-66(73)59-84-90(78,79)86-63-67(61-82-69(74)55-50-44-14-11-8-3)88-71(76)57-52-47-42-38-34-28-22-20-18-16-13-10-7-2/h65-68,73H,6-64H2,1-5H3,(H,78,79)(H,80,81)/t66-,67+,68+/m0/s1. The minimum Gasteiger partial charge on any atom is -0.462 e. The third-order valence-corrected chi connectivity index (χ3v) is 18.7. The van der Waals surface area contributed by atoms with Crippen LogP contribution in [0.1, 0.15) is 375 Å². The summed E-state index contributed by atoms with van der Waals surface area (Å²) >= 11 is 0. The van der Waals surface area contributed by atoms with Gasteiger partial charge >= 0.3 is 39.5 Å². The van der Waals surface area contributed by atoms with Gasteiger partial charge in [0.05, 0.1) is 26.4 Å². The topological polar surface area (TPSA) is 237 Å². The van der Waals surface area contributed by atoms with E-state index in [0.717, 1.165) is 102 Å². The number of carbonyl (C=O) groups is 4. The summed E-state index contributed by atoms with van der Waals surface area (Å²) in [4.78, 5) is 72.4. The van der Waals surface area contributed by atoms with Crippen LogP contribution in [0, 0.1) is 5.92 Å². The van der Waals surface area contributed by atoms with Crippen LogP contribution in [0.15, 0.2) is 0 Å². The molecule has 91 heavy (non-hydrogen) atoms. The van der Waals surface area contributed by atoms with Crippen molar-refractivity contribution in [3.63, 3.8) is 0 Å². The van der Waals surface area contributed by atoms with E-state index < -0.39 is 97.5 Å². The van der Waals surface area contributed by atoms with E-state index >= 15 is 0 Å². The minimum absolute atomic E-state index is 0.107. The summed E-state index contributed by atoms with van der Waals surface area (Å²) in [7, 11) is -9.89. The molecule has 0 amide bonds. The fourth-order valence-electron chi connectivity index (χ4n) is 11.0. The second-order valence-electron chi connectivity index (χ2n) is 26.5. The zero-order valence-electron chi connectivity index (χ0n) is 59.0. The highest BCUT2D eigenvalue weighted by molar-refractivity contribution is 7.47. The highest BCUT2D eigenvalue weighted by atomic mass is 31.2. The number of esters is 4. The lowest BCUT2D eigenvalue weighted by Gasteiger charge is -2.21. The van der Waals surface area contributed by atoms with Crippen LogP contribution in [-0.4, -0.2) is 96.7 Å². The number of aliphatic hydroxyl groups is 1. The van der Waals surface area contributed by atoms with Crippen LogP contribution in [0.25, 0.3) is 0 Å². The fraction of sp³-hybridized carbons (Fsp3) is 0.944. The van der Waals surface area contributed by atoms with Gasteiger partial charge in [-0.1, -0.05) is 324 Å². The molecule has 0 saturated carbocycles. The van der Waals surface area contributed by atoms with Crippen molar-refractivity contribution < 1.29 is 80.2 Å². The Morgan fingerprint density at radius 1 is 0.297 bits per heavy atom. The first-order chi connectivity index (χ1) is 44.0. The van der Waals surface area contributed by atoms with Crippen molar-refractivity contribution in [2.75, 3.05) is 39.6 Å². The molecule has 0 aliphatic carbocycles. The van der Waals surface area contributed by atoms with Crippen LogP contribution in [0.3, 0.4) is 0 Å². The molecular weight excluding hydrogens is 1200 g/mol. The lowest BCUT2D eigenvalue weighted by molar-refractivity contribution is -0.161. The second kappa shape index (κ2) is 65.4. The van der Waals surface area contributed by atoms with Crippen molar-refractivity contribution in [3.05, 3.63) is 0 Å². The van der Waals surface area contributed by atoms with Crippen LogP contribution < -0.4 is 0 Å². The first-order valence-corrected chi connectivity index (χ1v) is 40.6. The number of hydrogen-bond donors (Lipinski definition) is 3. The molecule has 0 rings (SSSR count). The molecule has 5 atom stereocenters. The number of carbonyl (C=O) groups excluding carboxylic acids is 4. The van der Waals surface area contributed by atoms with Gasteiger partial charge in [-0.05, 0) is 31.6 Å². The SMILES string of the molecule is CCCCCCCCCCCCCCCCCC(=O)OC[C@H](COP(=O)(O)OC[C@@H](O)COP(=O)(O)OC[C@@H](COC(=O)CCCCCCC)OC(=O)CCCCCCCCCCCCCCC)OC(=O)CCCCCCCCCCCCCCCCCC(C)C. The van der Waals surface area contributed by atoms with Crippen molar-refractivity contribution >= 4 is 39.5 Å². The van der Waals surface area contributed by atoms with Crippen LogP contribution in [-0.2, 0) is 65.4 Å². The number of unbranched alkanes of at least 4 members (excludes halogenated alkanes) is 44. The lowest BCUT2D eigenvalue weighted by Crippen LogP contribution is -2.30. The number of ether oxygens (including phenoxy) is 4. The Kier molecular flexibility index (Phi) is 64.0. The largest absolute Gasteiger partial charge is 0.472 e. The van der Waals surface area contributed by atoms with E-state index in [1.165, 1.54) is 193 Å². The summed E-state index contributed by atoms with van der Waals surface area (Å²) in [5, 5.41) is 10.6. The Hall–Kier alpha value is -1.94. The summed E-state index contributed by atoms with van der Waals surface area (Å²) in [6, 6.07) is 0. The predicted octanol–water partition coefficient (Wildman–Crippen LogP) is 20.9. The Morgan fingerprint density at radius 2 is 0.505 bits per heavy atom. The summed E-state index contributed by atoms with van der Waals surface area (Å²) in [6.45, 7) is 7.21. The highest BCUT2D eigenvalue weighted by Crippen LogP contribution is 2.45. The van der Waals surface area contributed by atoms with Gasteiger partial charge in [0.15, 0.2) is 12.2 Å². The first-order valence-electron chi connectivity index (χ1n) is 37.6. The van der Waals surface area contributed by atoms with Crippen molar-refractivity contribution in [3.8, 4) is 0 Å². The highest BCUT2D eigenvalue weighted by Gasteiger charge is 2.30. The number of phosphoric acid groups is 2. The summed E-state index contributed by atoms with van der Waals surface area (Å²) < 4.78 is 68.2. The molecule has 0 saturated heterocycles. The van der Waals surface area contributed by atoms with Crippen molar-refractivity contribution in [1.82, 2.24) is 0 Å². The van der Waals surface area contributed by atoms with Gasteiger partial charge in [0.25, 0.3) is 0 Å². The quantitative estimate of drug-likeness (QED) is 0.0222. The van der Waals surface area contributed by atoms with Gasteiger partial charge in [-0.15, -0.1) is 0 Å². The molecule has 0 spiro atoms. The molecule has 540 valence electrons. The zero-order chi connectivity index (χ0) is 67.0. The average molecular weight is 1340 g/mol. The maximum absolute atomic E-state index is 13.0. The van der Waals surface area contributed by atoms with Gasteiger partial charge < -0.3 is 33.8 Å². The smallest absolute Gasteiger partial charge is 0.462 e. The number of phosphoric ester groups is 2. The summed E-state index contributed by atoms with van der Waals surface area (Å²) in [5.74, 6) is -1.33. The van der Waals surface area contributed by atoms with Crippen LogP contribution >= 0.6 is 15.6 Å². The Bertz CT molecular complexity index is 1750. The normalized spacial score (nSPS) is 14.0. The van der Waals surface area contributed by atoms with Crippen molar-refractivity contribution in [2.24, 2.45) is 5.92 Å². The van der Waals surface area contributed by atoms with E-state index in [2.05, 4.69) is 34.6 Å². The molecule has 0 aliphatic rings. The maximum Gasteiger partial charge on any atom is 0.472 e. The van der Waals surface area contributed by atoms with Gasteiger partial charge in [0, 0.05) is 25.7 Å². The van der Waals surface area contributed by atoms with E-state index in [1.54, 1.807) is 0 Å². The van der Waals surface area contributed by atoms with E-state index in [9.17, 15) is 43.2 Å². The molecule has 0 aromatic carbocycles. The molecule has 0 aromatic heterocycles. The Balaban J connectivity index is 5.15. The number of rotatable bonds is 72. The molecule has 0 aliphatic heterocycles. The van der Waals surface area contributed by atoms with Crippen LogP contribution in [0.4, 0.5) is 0 Å². The molecule has 0 bridgehead atoms. The fourth-order valence-corrected chi connectivity index (χ4v) is 12.6. The average Bonchev–Trinajstić information content (AvgIpc) is 3.70. The molecular formula is C72H140O17P2. The summed E-state index contributed by atoms with van der Waals surface area (Å²) in [5.41, 5.74) is 0. The second-order valence-corrected chi connectivity index (χ2v) is 29.4. The monoisotopic (exact) mass is 1340 g/mol. The molecule has 0 aromatic rings. The van der Waals surface area contributed by atoms with Crippen molar-refractivity contribution in [2.45, 2.75) is 393 Å². The van der Waals surface area contributed by atoms with Crippen LogP contribution in [0.5, 0.6) is 0 Å². The van der Waals surface area contributed by atoms with Gasteiger partial charge in [0.1, 0.15) is 19.3 Å². The maximum atomic E-state index is 13.0. The third kappa shape index (κ3) is 66.5. The van der Waals surface area contributed by atoms with Gasteiger partial charge in [-0.3, -0.25) is 37.3 Å². The van der Waals surface area contributed by atoms with Crippen molar-refractivity contribution in [1.29, 1.82) is 0 Å². The number of hydrogen-bond acceptors (Lipinski definition) is 15. The predicted molar refractivity (Wildman–Crippen MR) is 368 cm³/mol. The van der Waals surface area contributed by atoms with E-state index in [4.69, 9.17) is 37.0 Å². The Morgan fingerprint density at radius 3 is 0.747 bits per heavy atom. The lowest BCUT2D eigenvalue weighted by atomic mass is 10.0. The van der Waals surface area contributed by atoms with Gasteiger partial charge in [0.2, 0.25) is 0 Å². The van der Waals surface area contributed by atoms with E-state index in [1.807, 2.05) is 0 Å². The molecule has 0 heterocycles. The van der Waals surface area contributed by atoms with E-state index in [0.29, 0.717) is 25.7 Å². The Labute approximate surface area is 556 Å². The molecule has 0 fully saturated rings. The number of aliphatic hydroxyl groups excluding tert-OH is 1. The minimum atomic E-state index is -4.95. The third-order valence-electron chi connectivity index (χ3n) is 16.8. The van der Waals surface area contributed by atoms with E-state index in [-0.39, 0.29) is 25.7 Å². The van der Waals surface area contributed by atoms with Gasteiger partial charge in [-0.25, -0.2) is 9.13 Å². The molecule has 0 radical (unpaired) electrons. The summed E-state index contributed by atoms with van der Waals surface area (Å²) in [6.07, 6.45) is 53.0. The van der Waals surface area contributed by atoms with Crippen LogP contribution in [0.2, 0.25) is 0 Å². The molecule has 19 heteroatoms. The van der Waals surface area contributed by atoms with Gasteiger partial charge in [-0.2, -0.15) is 0 Å². The molecule has 2 unspecified atom stereocenters. The zero-order valence-corrected chi connectivity index (χ0v) is 60.8.